The lowest BCUT2D eigenvalue weighted by atomic mass is 10.0. The molecule has 0 aliphatic rings. The number of hydrogen-bond donors (Lipinski definition) is 2. The van der Waals surface area contributed by atoms with Crippen LogP contribution in [0.5, 0.6) is 0 Å². The van der Waals surface area contributed by atoms with Crippen molar-refractivity contribution >= 4 is 28.8 Å². The molecule has 0 unspecified atom stereocenters. The van der Waals surface area contributed by atoms with Crippen LogP contribution in [0.2, 0.25) is 5.02 Å². The second-order valence-corrected chi connectivity index (χ2v) is 4.20. The smallest absolute Gasteiger partial charge is 0.280 e. The maximum absolute atomic E-state index is 12.3. The summed E-state index contributed by atoms with van der Waals surface area (Å²) in [4.78, 5) is 26.4. The third-order valence-electron chi connectivity index (χ3n) is 2.54. The molecule has 2 aromatic rings. The van der Waals surface area contributed by atoms with E-state index < -0.39 is 10.7 Å². The molecule has 0 aliphatic carbocycles. The summed E-state index contributed by atoms with van der Waals surface area (Å²) in [5, 5.41) is 20.1. The van der Waals surface area contributed by atoms with Gasteiger partial charge in [-0.2, -0.15) is 0 Å². The number of benzene rings is 1. The van der Waals surface area contributed by atoms with Crippen molar-refractivity contribution in [3.8, 4) is 0 Å². The normalized spacial score (nSPS) is 10.1. The first-order chi connectivity index (χ1) is 9.54. The minimum Gasteiger partial charge on any atom is -0.291 e. The van der Waals surface area contributed by atoms with Crippen LogP contribution in [-0.4, -0.2) is 20.9 Å². The number of nitro benzene ring substituents is 1. The Morgan fingerprint density at radius 2 is 2.10 bits per heavy atom. The molecule has 0 bridgehead atoms. The molecule has 8 heteroatoms. The molecule has 2 N–H and O–H groups in total. The van der Waals surface area contributed by atoms with Gasteiger partial charge in [0.1, 0.15) is 11.3 Å². The number of nitro groups is 1. The first-order valence-electron chi connectivity index (χ1n) is 5.38. The number of rotatable bonds is 4. The lowest BCUT2D eigenvalue weighted by molar-refractivity contribution is -0.385. The Kier molecular flexibility index (Phi) is 3.92. The Morgan fingerprint density at radius 3 is 2.75 bits per heavy atom. The van der Waals surface area contributed by atoms with Gasteiger partial charge in [-0.25, -0.2) is 4.98 Å². The summed E-state index contributed by atoms with van der Waals surface area (Å²) in [7, 11) is 0. The maximum Gasteiger partial charge on any atom is 0.280 e. The van der Waals surface area contributed by atoms with Gasteiger partial charge in [0.2, 0.25) is 5.78 Å². The van der Waals surface area contributed by atoms with Gasteiger partial charge in [-0.05, 0) is 12.1 Å². The number of pyridine rings is 1. The number of hydrogen-bond acceptors (Lipinski definition) is 6. The van der Waals surface area contributed by atoms with E-state index in [0.29, 0.717) is 0 Å². The molecule has 0 saturated carbocycles. The van der Waals surface area contributed by atoms with E-state index in [4.69, 9.17) is 16.8 Å². The molecule has 0 aliphatic heterocycles. The maximum atomic E-state index is 12.3. The number of carbonyl (C=O) groups is 1. The topological polar surface area (TPSA) is 105 Å². The summed E-state index contributed by atoms with van der Waals surface area (Å²) in [6, 6.07) is 6.78. The fraction of sp³-hybridized carbons (Fsp3) is 0. The molecule has 1 heterocycles. The van der Waals surface area contributed by atoms with Gasteiger partial charge in [-0.15, -0.1) is 0 Å². The summed E-state index contributed by atoms with van der Waals surface area (Å²) in [6.45, 7) is 0. The lowest BCUT2D eigenvalue weighted by Crippen LogP contribution is -2.10. The van der Waals surface area contributed by atoms with Crippen molar-refractivity contribution in [3.63, 3.8) is 0 Å². The summed E-state index contributed by atoms with van der Waals surface area (Å²) in [5.74, 6) is -0.689. The minimum atomic E-state index is -0.689. The number of aromatic nitrogens is 1. The van der Waals surface area contributed by atoms with Crippen molar-refractivity contribution in [2.24, 2.45) is 0 Å². The lowest BCUT2D eigenvalue weighted by Gasteiger charge is -2.07. The molecule has 20 heavy (non-hydrogen) atoms. The second-order valence-electron chi connectivity index (χ2n) is 3.76. The molecular formula is C12H8ClN3O4. The van der Waals surface area contributed by atoms with Crippen molar-refractivity contribution < 1.29 is 14.9 Å². The van der Waals surface area contributed by atoms with Crippen LogP contribution in [0.25, 0.3) is 0 Å². The molecule has 0 radical (unpaired) electrons. The number of nitrogens with one attached hydrogen (secondary N) is 1. The average Bonchev–Trinajstić information content (AvgIpc) is 2.46. The Labute approximate surface area is 117 Å². The summed E-state index contributed by atoms with van der Waals surface area (Å²) in [6.07, 6.45) is 1.21. The molecule has 7 nitrogen and oxygen atoms in total. The number of ketones is 1. The number of nitrogens with zero attached hydrogens (tertiary/aromatic N) is 2. The fourth-order valence-corrected chi connectivity index (χ4v) is 1.82. The summed E-state index contributed by atoms with van der Waals surface area (Å²) in [5.41, 5.74) is 1.15. The first kappa shape index (κ1) is 13.9. The van der Waals surface area contributed by atoms with Gasteiger partial charge in [0.15, 0.2) is 0 Å². The van der Waals surface area contributed by atoms with E-state index in [1.165, 1.54) is 36.5 Å². The number of anilines is 1. The predicted octanol–water partition coefficient (Wildman–Crippen LogP) is 2.68. The quantitative estimate of drug-likeness (QED) is 0.510. The van der Waals surface area contributed by atoms with Gasteiger partial charge >= 0.3 is 0 Å². The van der Waals surface area contributed by atoms with Crippen LogP contribution in [0.3, 0.4) is 0 Å². The zero-order valence-electron chi connectivity index (χ0n) is 9.91. The first-order valence-corrected chi connectivity index (χ1v) is 5.76. The van der Waals surface area contributed by atoms with Crippen LogP contribution in [-0.2, 0) is 0 Å². The van der Waals surface area contributed by atoms with Crippen LogP contribution in [0, 0.1) is 10.1 Å². The monoisotopic (exact) mass is 293 g/mol. The van der Waals surface area contributed by atoms with E-state index >= 15 is 0 Å². The zero-order valence-corrected chi connectivity index (χ0v) is 10.7. The Morgan fingerprint density at radius 1 is 1.40 bits per heavy atom. The van der Waals surface area contributed by atoms with Gasteiger partial charge in [0, 0.05) is 12.3 Å². The van der Waals surface area contributed by atoms with Crippen molar-refractivity contribution in [3.05, 3.63) is 62.9 Å². The molecular weight excluding hydrogens is 286 g/mol. The highest BCUT2D eigenvalue weighted by atomic mass is 35.5. The van der Waals surface area contributed by atoms with E-state index in [0.717, 1.165) is 0 Å². The minimum absolute atomic E-state index is 0.0272. The van der Waals surface area contributed by atoms with Crippen molar-refractivity contribution in [1.29, 1.82) is 0 Å². The summed E-state index contributed by atoms with van der Waals surface area (Å²) >= 11 is 5.69. The number of para-hydroxylation sites is 1. The van der Waals surface area contributed by atoms with Crippen molar-refractivity contribution in [2.75, 3.05) is 5.48 Å². The van der Waals surface area contributed by atoms with Gasteiger partial charge < -0.3 is 0 Å². The van der Waals surface area contributed by atoms with Crippen molar-refractivity contribution in [2.45, 2.75) is 0 Å². The fourth-order valence-electron chi connectivity index (χ4n) is 1.66. The third-order valence-corrected chi connectivity index (χ3v) is 2.74. The largest absolute Gasteiger partial charge is 0.291 e. The molecule has 0 fully saturated rings. The highest BCUT2D eigenvalue weighted by Gasteiger charge is 2.23. The van der Waals surface area contributed by atoms with E-state index in [9.17, 15) is 14.9 Å². The second kappa shape index (κ2) is 5.64. The SMILES string of the molecule is O=C(c1ccccc1[N+](=O)[O-])c1ncc(Cl)cc1NO. The predicted molar refractivity (Wildman–Crippen MR) is 71.2 cm³/mol. The standard InChI is InChI=1S/C12H8ClN3O4/c13-7-5-9(15-18)11(14-6-7)12(17)8-3-1-2-4-10(8)16(19)20/h1-6,15,18H. The molecule has 0 spiro atoms. The van der Waals surface area contributed by atoms with Crippen LogP contribution in [0.1, 0.15) is 16.1 Å². The van der Waals surface area contributed by atoms with E-state index in [-0.39, 0.29) is 27.7 Å². The van der Waals surface area contributed by atoms with Gasteiger partial charge in [0.05, 0.1) is 15.6 Å². The Bertz CT molecular complexity index is 690. The zero-order chi connectivity index (χ0) is 14.7. The molecule has 1 aromatic heterocycles. The highest BCUT2D eigenvalue weighted by Crippen LogP contribution is 2.25. The Hall–Kier alpha value is -2.51. The van der Waals surface area contributed by atoms with Gasteiger partial charge in [0.25, 0.3) is 5.69 Å². The van der Waals surface area contributed by atoms with E-state index in [1.54, 1.807) is 5.48 Å². The average molecular weight is 294 g/mol. The molecule has 2 rings (SSSR count). The van der Waals surface area contributed by atoms with Crippen LogP contribution in [0.4, 0.5) is 11.4 Å². The van der Waals surface area contributed by atoms with Crippen LogP contribution >= 0.6 is 11.6 Å². The van der Waals surface area contributed by atoms with Crippen molar-refractivity contribution in [1.82, 2.24) is 4.98 Å². The molecule has 102 valence electrons. The third kappa shape index (κ3) is 2.58. The number of carbonyl (C=O) groups excluding carboxylic acids is 1. The van der Waals surface area contributed by atoms with Crippen LogP contribution in [0.15, 0.2) is 36.5 Å². The van der Waals surface area contributed by atoms with Crippen LogP contribution < -0.4 is 5.48 Å². The Balaban J connectivity index is 2.55. The number of halogens is 1. The van der Waals surface area contributed by atoms with E-state index in [1.807, 2.05) is 0 Å². The highest BCUT2D eigenvalue weighted by molar-refractivity contribution is 6.31. The molecule has 1 aromatic carbocycles. The van der Waals surface area contributed by atoms with E-state index in [2.05, 4.69) is 4.98 Å². The molecule has 0 saturated heterocycles. The molecule has 0 amide bonds. The molecule has 0 atom stereocenters. The van der Waals surface area contributed by atoms with Gasteiger partial charge in [-0.1, -0.05) is 23.7 Å². The van der Waals surface area contributed by atoms with Gasteiger partial charge in [-0.3, -0.25) is 25.6 Å². The summed E-state index contributed by atoms with van der Waals surface area (Å²) < 4.78 is 0.